The largest absolute Gasteiger partial charge is 0.363 e. The number of hydrogen-bond donors (Lipinski definition) is 1. The highest BCUT2D eigenvalue weighted by Gasteiger charge is 2.43. The van der Waals surface area contributed by atoms with Crippen LogP contribution in [0.25, 0.3) is 10.9 Å². The third kappa shape index (κ3) is 4.59. The second kappa shape index (κ2) is 10.1. The minimum Gasteiger partial charge on any atom is -0.363 e. The molecule has 0 bridgehead atoms. The number of nitrogens with one attached hydrogen (secondary N) is 1. The second-order valence-corrected chi connectivity index (χ2v) is 14.0. The number of aromatic nitrogens is 3. The van der Waals surface area contributed by atoms with Gasteiger partial charge >= 0.3 is 0 Å². The molecule has 3 aliphatic rings. The third-order valence-electron chi connectivity index (χ3n) is 9.77. The van der Waals surface area contributed by atoms with Gasteiger partial charge in [0.1, 0.15) is 10.7 Å². The minimum atomic E-state index is -3.81. The smallest absolute Gasteiger partial charge is 0.246 e. The van der Waals surface area contributed by atoms with Gasteiger partial charge in [-0.25, -0.2) is 13.4 Å². The standard InChI is InChI=1S/C30H40N6O3S/c1-20-27(21(2)35(4)33-20)28-24(19-26(37)34(28)3)32-29-25(18-22-10-6-7-11-23(22)31-29)40(38,39)36-16-14-30(15-17-36)12-8-5-9-13-30/h6-7,10-11,18,24,28H,5,8-9,12-17,19H2,1-4H3,(H,31,32)/t24-,28-/m0/s1. The van der Waals surface area contributed by atoms with Gasteiger partial charge in [-0.15, -0.1) is 0 Å². The van der Waals surface area contributed by atoms with Gasteiger partial charge in [-0.1, -0.05) is 37.5 Å². The van der Waals surface area contributed by atoms with Crippen LogP contribution in [-0.2, 0) is 21.9 Å². The summed E-state index contributed by atoms with van der Waals surface area (Å²) in [5.74, 6) is 0.318. The van der Waals surface area contributed by atoms with Crippen molar-refractivity contribution in [1.82, 2.24) is 24.0 Å². The van der Waals surface area contributed by atoms with Gasteiger partial charge < -0.3 is 10.2 Å². The lowest BCUT2D eigenvalue weighted by Crippen LogP contribution is -2.44. The molecule has 40 heavy (non-hydrogen) atoms. The molecule has 3 fully saturated rings. The Balaban J connectivity index is 1.37. The van der Waals surface area contributed by atoms with E-state index in [-0.39, 0.29) is 29.3 Å². The number of rotatable bonds is 5. The molecule has 0 unspecified atom stereocenters. The molecule has 1 amide bonds. The first-order valence-corrected chi connectivity index (χ1v) is 16.0. The number of carbonyl (C=O) groups excluding carboxylic acids is 1. The van der Waals surface area contributed by atoms with Crippen molar-refractivity contribution in [1.29, 1.82) is 0 Å². The second-order valence-electron chi connectivity index (χ2n) is 12.1. The molecule has 1 aliphatic carbocycles. The fourth-order valence-electron chi connectivity index (χ4n) is 7.33. The van der Waals surface area contributed by atoms with Crippen LogP contribution in [-0.4, -0.2) is 64.5 Å². The Hall–Kier alpha value is -2.98. The number of likely N-dealkylation sites (tertiary alicyclic amines) is 1. The summed E-state index contributed by atoms with van der Waals surface area (Å²) in [7, 11) is -0.103. The van der Waals surface area contributed by atoms with Crippen LogP contribution in [0.5, 0.6) is 0 Å². The van der Waals surface area contributed by atoms with Crippen LogP contribution in [0.2, 0.25) is 0 Å². The number of para-hydroxylation sites is 1. The zero-order valence-electron chi connectivity index (χ0n) is 24.0. The van der Waals surface area contributed by atoms with Gasteiger partial charge in [0.05, 0.1) is 23.3 Å². The number of aryl methyl sites for hydroxylation is 2. The molecule has 214 valence electrons. The van der Waals surface area contributed by atoms with Crippen LogP contribution in [0.4, 0.5) is 5.82 Å². The molecular weight excluding hydrogens is 524 g/mol. The Morgan fingerprint density at radius 2 is 1.70 bits per heavy atom. The molecule has 10 heteroatoms. The van der Waals surface area contributed by atoms with Crippen LogP contribution < -0.4 is 5.32 Å². The highest BCUT2D eigenvalue weighted by atomic mass is 32.2. The average molecular weight is 565 g/mol. The maximum Gasteiger partial charge on any atom is 0.246 e. The van der Waals surface area contributed by atoms with Gasteiger partial charge in [0.15, 0.2) is 0 Å². The summed E-state index contributed by atoms with van der Waals surface area (Å²) in [6.07, 6.45) is 8.29. The van der Waals surface area contributed by atoms with E-state index >= 15 is 0 Å². The van der Waals surface area contributed by atoms with E-state index in [0.717, 1.165) is 35.2 Å². The highest BCUT2D eigenvalue weighted by Crippen LogP contribution is 2.46. The Morgan fingerprint density at radius 3 is 2.38 bits per heavy atom. The molecule has 1 spiro atoms. The van der Waals surface area contributed by atoms with E-state index in [2.05, 4.69) is 10.4 Å². The number of fused-ring (bicyclic) bond motifs is 1. The van der Waals surface area contributed by atoms with E-state index in [1.54, 1.807) is 22.3 Å². The molecule has 4 heterocycles. The topological polar surface area (TPSA) is 100 Å². The number of pyridine rings is 1. The summed E-state index contributed by atoms with van der Waals surface area (Å²) in [5.41, 5.74) is 3.86. The summed E-state index contributed by atoms with van der Waals surface area (Å²) in [6, 6.07) is 8.70. The molecule has 2 aromatic heterocycles. The Morgan fingerprint density at radius 1 is 1.00 bits per heavy atom. The molecule has 3 aromatic rings. The first-order chi connectivity index (χ1) is 19.1. The fraction of sp³-hybridized carbons (Fsp3) is 0.567. The van der Waals surface area contributed by atoms with E-state index in [1.165, 1.54) is 32.1 Å². The number of anilines is 1. The molecule has 9 nitrogen and oxygen atoms in total. The maximum atomic E-state index is 14.2. The van der Waals surface area contributed by atoms with E-state index in [0.29, 0.717) is 29.8 Å². The molecule has 1 aromatic carbocycles. The van der Waals surface area contributed by atoms with E-state index < -0.39 is 10.0 Å². The summed E-state index contributed by atoms with van der Waals surface area (Å²) < 4.78 is 32.0. The zero-order chi connectivity index (χ0) is 28.2. The van der Waals surface area contributed by atoms with Gasteiger partial charge in [-0.05, 0) is 57.1 Å². The van der Waals surface area contributed by atoms with Crippen molar-refractivity contribution >= 4 is 32.7 Å². The van der Waals surface area contributed by atoms with Gasteiger partial charge in [0, 0.05) is 50.2 Å². The molecule has 2 saturated heterocycles. The van der Waals surface area contributed by atoms with Crippen molar-refractivity contribution in [2.75, 3.05) is 25.5 Å². The summed E-state index contributed by atoms with van der Waals surface area (Å²) in [6.45, 7) is 5.03. The number of piperidine rings is 1. The van der Waals surface area contributed by atoms with Gasteiger partial charge in [-0.2, -0.15) is 9.40 Å². The van der Waals surface area contributed by atoms with Crippen molar-refractivity contribution in [3.05, 3.63) is 47.3 Å². The van der Waals surface area contributed by atoms with E-state index in [1.807, 2.05) is 49.8 Å². The quantitative estimate of drug-likeness (QED) is 0.482. The monoisotopic (exact) mass is 564 g/mol. The zero-order valence-corrected chi connectivity index (χ0v) is 24.8. The molecule has 1 N–H and O–H groups in total. The number of likely N-dealkylation sites (N-methyl/N-ethyl adjacent to an activating group) is 1. The Kier molecular flexibility index (Phi) is 6.89. The first kappa shape index (κ1) is 27.2. The van der Waals surface area contributed by atoms with Crippen molar-refractivity contribution < 1.29 is 13.2 Å². The predicted molar refractivity (Wildman–Crippen MR) is 155 cm³/mol. The van der Waals surface area contributed by atoms with Crippen LogP contribution in [0.15, 0.2) is 35.2 Å². The van der Waals surface area contributed by atoms with Crippen molar-refractivity contribution in [2.45, 2.75) is 82.2 Å². The number of carbonyl (C=O) groups is 1. The number of nitrogens with zero attached hydrogens (tertiary/aromatic N) is 5. The molecular formula is C30H40N6O3S. The normalized spacial score (nSPS) is 23.8. The first-order valence-electron chi connectivity index (χ1n) is 14.5. The summed E-state index contributed by atoms with van der Waals surface area (Å²) >= 11 is 0. The molecule has 0 radical (unpaired) electrons. The predicted octanol–water partition coefficient (Wildman–Crippen LogP) is 4.70. The average Bonchev–Trinajstić information content (AvgIpc) is 3.35. The summed E-state index contributed by atoms with van der Waals surface area (Å²) in [4.78, 5) is 19.8. The molecule has 1 saturated carbocycles. The lowest BCUT2D eigenvalue weighted by molar-refractivity contribution is -0.127. The van der Waals surface area contributed by atoms with Gasteiger partial charge in [0.25, 0.3) is 0 Å². The van der Waals surface area contributed by atoms with Crippen LogP contribution in [0, 0.1) is 19.3 Å². The highest BCUT2D eigenvalue weighted by molar-refractivity contribution is 7.89. The molecule has 2 aliphatic heterocycles. The van der Waals surface area contributed by atoms with Crippen molar-refractivity contribution in [2.24, 2.45) is 12.5 Å². The maximum absolute atomic E-state index is 14.2. The van der Waals surface area contributed by atoms with Crippen molar-refractivity contribution in [3.63, 3.8) is 0 Å². The fourth-order valence-corrected chi connectivity index (χ4v) is 8.89. The number of hydrogen-bond acceptors (Lipinski definition) is 6. The van der Waals surface area contributed by atoms with E-state index in [9.17, 15) is 13.2 Å². The Bertz CT molecular complexity index is 1550. The third-order valence-corrected chi connectivity index (χ3v) is 11.7. The molecule has 6 rings (SSSR count). The minimum absolute atomic E-state index is 0.00385. The summed E-state index contributed by atoms with van der Waals surface area (Å²) in [5, 5.41) is 8.82. The van der Waals surface area contributed by atoms with Crippen LogP contribution >= 0.6 is 0 Å². The van der Waals surface area contributed by atoms with Crippen molar-refractivity contribution in [3.8, 4) is 0 Å². The molecule has 2 atom stereocenters. The van der Waals surface area contributed by atoms with Gasteiger partial charge in [0.2, 0.25) is 15.9 Å². The number of amides is 1. The number of benzene rings is 1. The Labute approximate surface area is 237 Å². The van der Waals surface area contributed by atoms with E-state index in [4.69, 9.17) is 4.98 Å². The van der Waals surface area contributed by atoms with Crippen LogP contribution in [0.1, 0.15) is 74.4 Å². The number of sulfonamides is 1. The van der Waals surface area contributed by atoms with Gasteiger partial charge in [-0.3, -0.25) is 9.48 Å². The van der Waals surface area contributed by atoms with Crippen LogP contribution in [0.3, 0.4) is 0 Å². The lowest BCUT2D eigenvalue weighted by atomic mass is 9.68. The lowest BCUT2D eigenvalue weighted by Gasteiger charge is -2.43. The SMILES string of the molecule is Cc1nn(C)c(C)c1[C@@H]1[C@@H](Nc2nc3ccccc3cc2S(=O)(=O)N2CCC3(CCCCC3)CC2)CC(=O)N1C.